The van der Waals surface area contributed by atoms with Gasteiger partial charge in [-0.25, -0.2) is 14.4 Å². The second-order valence-electron chi connectivity index (χ2n) is 8.47. The number of anilines is 1. The summed E-state index contributed by atoms with van der Waals surface area (Å²) in [7, 11) is 3.79. The number of H-pyrrole nitrogens is 2. The Kier molecular flexibility index (Phi) is 5.07. The van der Waals surface area contributed by atoms with Crippen LogP contribution in [0.1, 0.15) is 16.6 Å². The Morgan fingerprint density at radius 2 is 1.97 bits per heavy atom. The summed E-state index contributed by atoms with van der Waals surface area (Å²) < 4.78 is 15.9. The largest absolute Gasteiger partial charge is 0.376 e. The molecule has 6 heterocycles. The first-order valence-electron chi connectivity index (χ1n) is 11.0. The molecule has 178 valence electrons. The van der Waals surface area contributed by atoms with Gasteiger partial charge in [0.2, 0.25) is 0 Å². The number of ketones is 1. The maximum atomic E-state index is 15.9. The Morgan fingerprint density at radius 3 is 2.75 bits per heavy atom. The second-order valence-corrected chi connectivity index (χ2v) is 9.55. The lowest BCUT2D eigenvalue weighted by atomic mass is 10.1. The molecule has 0 saturated carbocycles. The molecule has 0 spiro atoms. The van der Waals surface area contributed by atoms with Crippen LogP contribution in [0.5, 0.6) is 0 Å². The average Bonchev–Trinajstić information content (AvgIpc) is 3.61. The fraction of sp³-hybridized carbons (Fsp3) is 0.120. The third kappa shape index (κ3) is 3.52. The number of halogens is 1. The maximum Gasteiger partial charge on any atom is 0.184 e. The molecule has 6 aromatic rings. The van der Waals surface area contributed by atoms with Crippen LogP contribution < -0.4 is 4.90 Å². The summed E-state index contributed by atoms with van der Waals surface area (Å²) in [6.07, 6.45) is 6.45. The molecular formula is C25H19FN8OS. The lowest BCUT2D eigenvalue weighted by molar-refractivity contribution is 0.102. The molecule has 0 aliphatic heterocycles. The molecule has 0 amide bonds. The minimum Gasteiger partial charge on any atom is -0.376 e. The van der Waals surface area contributed by atoms with E-state index >= 15 is 4.39 Å². The zero-order valence-corrected chi connectivity index (χ0v) is 20.3. The van der Waals surface area contributed by atoms with Gasteiger partial charge in [-0.2, -0.15) is 5.10 Å². The van der Waals surface area contributed by atoms with Crippen molar-refractivity contribution in [2.24, 2.45) is 0 Å². The molecular weight excluding hydrogens is 479 g/mol. The van der Waals surface area contributed by atoms with Crippen molar-refractivity contribution in [1.82, 2.24) is 35.1 Å². The first-order chi connectivity index (χ1) is 17.4. The summed E-state index contributed by atoms with van der Waals surface area (Å²) in [5.41, 5.74) is 4.37. The highest BCUT2D eigenvalue weighted by Crippen LogP contribution is 2.36. The van der Waals surface area contributed by atoms with Crippen LogP contribution in [-0.2, 0) is 0 Å². The van der Waals surface area contributed by atoms with Crippen LogP contribution in [-0.4, -0.2) is 55.0 Å². The lowest BCUT2D eigenvalue weighted by Crippen LogP contribution is -2.08. The zero-order chi connectivity index (χ0) is 25.0. The standard InChI is InChI=1S/C25H19FN8OS/c1-12(35)17-4-5-18(36-17)22-21-16(6-7-28-22)30-25(31-21)23-19-20(26)15(11-29-24(19)33-32-23)13-8-14(34(2)3)10-27-9-13/h4-11H,1-3H3,(H,30,31)(H,29,32,33). The maximum absolute atomic E-state index is 15.9. The van der Waals surface area contributed by atoms with Crippen LogP contribution in [0.2, 0.25) is 0 Å². The van der Waals surface area contributed by atoms with Gasteiger partial charge in [0.1, 0.15) is 22.7 Å². The number of carbonyl (C=O) groups excluding carboxylic acids is 1. The number of aromatic amines is 2. The molecule has 0 atom stereocenters. The molecule has 36 heavy (non-hydrogen) atoms. The van der Waals surface area contributed by atoms with E-state index in [1.165, 1.54) is 24.5 Å². The zero-order valence-electron chi connectivity index (χ0n) is 19.5. The number of pyridine rings is 3. The topological polar surface area (TPSA) is 116 Å². The Hall–Kier alpha value is -4.51. The minimum atomic E-state index is -0.468. The normalized spacial score (nSPS) is 11.4. The summed E-state index contributed by atoms with van der Waals surface area (Å²) in [5.74, 6) is -0.0668. The van der Waals surface area contributed by atoms with Crippen LogP contribution in [0.15, 0.2) is 49.1 Å². The number of rotatable bonds is 5. The van der Waals surface area contributed by atoms with E-state index in [2.05, 4.69) is 30.1 Å². The fourth-order valence-corrected chi connectivity index (χ4v) is 4.93. The molecule has 0 fully saturated rings. The van der Waals surface area contributed by atoms with E-state index in [-0.39, 0.29) is 16.8 Å². The number of Topliss-reactive ketones (excluding diaryl/α,β-unsaturated/α-hetero) is 1. The quantitative estimate of drug-likeness (QED) is 0.318. The summed E-state index contributed by atoms with van der Waals surface area (Å²) in [4.78, 5) is 36.2. The Bertz CT molecular complexity index is 1780. The molecule has 6 rings (SSSR count). The number of aromatic nitrogens is 7. The summed E-state index contributed by atoms with van der Waals surface area (Å²) >= 11 is 1.36. The molecule has 9 nitrogen and oxygen atoms in total. The lowest BCUT2D eigenvalue weighted by Gasteiger charge is -2.13. The molecule has 0 radical (unpaired) electrons. The van der Waals surface area contributed by atoms with Crippen molar-refractivity contribution in [1.29, 1.82) is 0 Å². The van der Waals surface area contributed by atoms with Gasteiger partial charge >= 0.3 is 0 Å². The van der Waals surface area contributed by atoms with E-state index in [9.17, 15) is 4.79 Å². The predicted octanol–water partition coefficient (Wildman–Crippen LogP) is 5.09. The predicted molar refractivity (Wildman–Crippen MR) is 138 cm³/mol. The summed E-state index contributed by atoms with van der Waals surface area (Å²) in [6.45, 7) is 1.53. The first kappa shape index (κ1) is 22.0. The van der Waals surface area contributed by atoms with Crippen LogP contribution >= 0.6 is 11.3 Å². The molecule has 0 saturated heterocycles. The van der Waals surface area contributed by atoms with Crippen molar-refractivity contribution >= 4 is 44.9 Å². The number of carbonyl (C=O) groups is 1. The molecule has 0 aliphatic rings. The number of hydrogen-bond donors (Lipinski definition) is 2. The van der Waals surface area contributed by atoms with Gasteiger partial charge in [0, 0.05) is 43.8 Å². The van der Waals surface area contributed by atoms with E-state index in [0.29, 0.717) is 38.7 Å². The van der Waals surface area contributed by atoms with Crippen molar-refractivity contribution in [3.63, 3.8) is 0 Å². The Morgan fingerprint density at radius 1 is 1.11 bits per heavy atom. The molecule has 0 aliphatic carbocycles. The van der Waals surface area contributed by atoms with Gasteiger partial charge in [0.15, 0.2) is 17.3 Å². The monoisotopic (exact) mass is 498 g/mol. The van der Waals surface area contributed by atoms with Crippen molar-refractivity contribution < 1.29 is 9.18 Å². The highest BCUT2D eigenvalue weighted by molar-refractivity contribution is 7.17. The molecule has 2 N–H and O–H groups in total. The SMILES string of the molecule is CC(=O)c1ccc(-c2nccc3[nH]c(-c4[nH]nc5ncc(-c6cncc(N(C)C)c6)c(F)c45)nc23)s1. The van der Waals surface area contributed by atoms with Crippen LogP contribution in [0.3, 0.4) is 0 Å². The van der Waals surface area contributed by atoms with E-state index in [1.54, 1.807) is 30.7 Å². The van der Waals surface area contributed by atoms with Gasteiger partial charge in [-0.3, -0.25) is 19.9 Å². The van der Waals surface area contributed by atoms with E-state index in [0.717, 1.165) is 16.1 Å². The average molecular weight is 499 g/mol. The highest BCUT2D eigenvalue weighted by atomic mass is 32.1. The van der Waals surface area contributed by atoms with E-state index in [4.69, 9.17) is 4.98 Å². The van der Waals surface area contributed by atoms with Gasteiger partial charge in [-0.1, -0.05) is 0 Å². The van der Waals surface area contributed by atoms with Crippen LogP contribution in [0.25, 0.3) is 55.3 Å². The van der Waals surface area contributed by atoms with Crippen molar-refractivity contribution in [3.8, 4) is 33.2 Å². The summed E-state index contributed by atoms with van der Waals surface area (Å²) in [6, 6.07) is 7.29. The number of hydrogen-bond acceptors (Lipinski definition) is 8. The van der Waals surface area contributed by atoms with Gasteiger partial charge in [0.25, 0.3) is 0 Å². The highest BCUT2D eigenvalue weighted by Gasteiger charge is 2.22. The molecule has 6 aromatic heterocycles. The van der Waals surface area contributed by atoms with E-state index in [1.807, 2.05) is 31.1 Å². The fourth-order valence-electron chi connectivity index (χ4n) is 4.03. The second kappa shape index (κ2) is 8.31. The number of fused-ring (bicyclic) bond motifs is 2. The molecule has 0 unspecified atom stereocenters. The van der Waals surface area contributed by atoms with Crippen LogP contribution in [0, 0.1) is 5.82 Å². The molecule has 11 heteroatoms. The number of nitrogens with zero attached hydrogens (tertiary/aromatic N) is 6. The molecule has 0 bridgehead atoms. The smallest absolute Gasteiger partial charge is 0.184 e. The number of imidazole rings is 1. The van der Waals surface area contributed by atoms with E-state index < -0.39 is 5.82 Å². The van der Waals surface area contributed by atoms with Crippen molar-refractivity contribution in [3.05, 3.63) is 59.7 Å². The molecule has 0 aromatic carbocycles. The van der Waals surface area contributed by atoms with Gasteiger partial charge < -0.3 is 9.88 Å². The Balaban J connectivity index is 1.50. The number of nitrogens with one attached hydrogen (secondary N) is 2. The summed E-state index contributed by atoms with van der Waals surface area (Å²) in [5, 5.41) is 7.31. The third-order valence-corrected chi connectivity index (χ3v) is 7.09. The van der Waals surface area contributed by atoms with Gasteiger partial charge in [-0.15, -0.1) is 11.3 Å². The number of thiophene rings is 1. The van der Waals surface area contributed by atoms with Crippen molar-refractivity contribution in [2.75, 3.05) is 19.0 Å². The minimum absolute atomic E-state index is 0.00447. The first-order valence-corrected chi connectivity index (χ1v) is 11.8. The van der Waals surface area contributed by atoms with Gasteiger partial charge in [0.05, 0.1) is 32.5 Å². The Labute approximate surface area is 208 Å². The van der Waals surface area contributed by atoms with Crippen LogP contribution in [0.4, 0.5) is 10.1 Å². The third-order valence-electron chi connectivity index (χ3n) is 5.89. The van der Waals surface area contributed by atoms with Crippen molar-refractivity contribution in [2.45, 2.75) is 6.92 Å². The van der Waals surface area contributed by atoms with Gasteiger partial charge in [-0.05, 0) is 31.2 Å².